The van der Waals surface area contributed by atoms with E-state index < -0.39 is 14.2 Å². The maximum absolute atomic E-state index is 10.9. The first-order valence-electron chi connectivity index (χ1n) is 4.34. The van der Waals surface area contributed by atoms with Crippen LogP contribution >= 0.6 is 22.6 Å². The van der Waals surface area contributed by atoms with Crippen molar-refractivity contribution in [2.45, 2.75) is 41.8 Å². The largest absolute Gasteiger partial charge is 0.459 e. The Balaban J connectivity index is 2.67. The van der Waals surface area contributed by atoms with Crippen molar-refractivity contribution >= 4 is 36.6 Å². The third kappa shape index (κ3) is 2.66. The molecule has 1 fully saturated rings. The molecule has 2 unspecified atom stereocenters. The number of esters is 1. The molecule has 1 aliphatic rings. The lowest BCUT2D eigenvalue weighted by molar-refractivity contribution is -0.141. The van der Waals surface area contributed by atoms with Gasteiger partial charge in [-0.3, -0.25) is 4.79 Å². The molecule has 0 aromatic rings. The van der Waals surface area contributed by atoms with Gasteiger partial charge in [-0.1, -0.05) is 42.2 Å². The summed E-state index contributed by atoms with van der Waals surface area (Å²) < 4.78 is 5.38. The van der Waals surface area contributed by atoms with Crippen LogP contribution in [0.3, 0.4) is 0 Å². The summed E-state index contributed by atoms with van der Waals surface area (Å²) in [6.07, 6.45) is -0.713. The van der Waals surface area contributed by atoms with E-state index >= 15 is 0 Å². The Kier molecular flexibility index (Phi) is 3.40. The lowest BCUT2D eigenvalue weighted by atomic mass is 10.2. The van der Waals surface area contributed by atoms with E-state index in [-0.39, 0.29) is 22.0 Å². The Morgan fingerprint density at radius 3 is 2.46 bits per heavy atom. The van der Waals surface area contributed by atoms with Gasteiger partial charge in [-0.25, -0.2) is 0 Å². The maximum atomic E-state index is 10.9. The number of aliphatic hydroxyl groups excluding tert-OH is 1. The average Bonchev–Trinajstić information content (AvgIpc) is 2.26. The lowest BCUT2D eigenvalue weighted by Gasteiger charge is -2.29. The lowest BCUT2D eigenvalue weighted by Crippen LogP contribution is -2.46. The van der Waals surface area contributed by atoms with Crippen molar-refractivity contribution in [2.24, 2.45) is 0 Å². The third-order valence-corrected chi connectivity index (χ3v) is 10.4. The average molecular weight is 314 g/mol. The topological polar surface area (TPSA) is 46.5 Å². The molecule has 1 saturated heterocycles. The first-order chi connectivity index (χ1) is 5.82. The van der Waals surface area contributed by atoms with Crippen molar-refractivity contribution in [3.63, 3.8) is 0 Å². The van der Waals surface area contributed by atoms with Crippen LogP contribution in [0.15, 0.2) is 0 Å². The Morgan fingerprint density at radius 2 is 2.15 bits per heavy atom. The minimum absolute atomic E-state index is 0.161. The molecule has 0 aliphatic carbocycles. The van der Waals surface area contributed by atoms with Crippen molar-refractivity contribution in [1.29, 1.82) is 0 Å². The Hall–Kier alpha value is 0.377. The molecule has 1 heterocycles. The first-order valence-corrected chi connectivity index (χ1v) is 9.16. The number of carbonyl (C=O) groups excluding carboxylic acids is 1. The highest BCUT2D eigenvalue weighted by atomic mass is 127. The van der Waals surface area contributed by atoms with E-state index in [1.165, 1.54) is 0 Å². The van der Waals surface area contributed by atoms with Crippen LogP contribution in [0.25, 0.3) is 0 Å². The standard InChI is InChI=1S/C8H15IO3Si/c1-13(2,3)8(9)7-5(10)4-6(11)12-7/h5,7-8,10H,4H2,1-3H3/t5-,7?,8?/m0/s1. The minimum atomic E-state index is -1.35. The number of hydrogen-bond acceptors (Lipinski definition) is 3. The van der Waals surface area contributed by atoms with E-state index in [4.69, 9.17) is 4.74 Å². The van der Waals surface area contributed by atoms with Crippen LogP contribution in [0.2, 0.25) is 19.6 Å². The molecule has 0 saturated carbocycles. The zero-order valence-electron chi connectivity index (χ0n) is 8.08. The van der Waals surface area contributed by atoms with Crippen molar-refractivity contribution in [2.75, 3.05) is 0 Å². The summed E-state index contributed by atoms with van der Waals surface area (Å²) in [5.74, 6) is -0.266. The first kappa shape index (κ1) is 11.5. The van der Waals surface area contributed by atoms with Gasteiger partial charge in [-0.15, -0.1) is 0 Å². The smallest absolute Gasteiger partial charge is 0.308 e. The van der Waals surface area contributed by atoms with Crippen LogP contribution in [0.4, 0.5) is 0 Å². The SMILES string of the molecule is C[Si](C)(C)C(I)C1OC(=O)C[C@@H]1O. The van der Waals surface area contributed by atoms with Crippen molar-refractivity contribution < 1.29 is 14.6 Å². The molecule has 1 rings (SSSR count). The van der Waals surface area contributed by atoms with E-state index in [1.54, 1.807) is 0 Å². The highest BCUT2D eigenvalue weighted by Crippen LogP contribution is 2.29. The molecule has 0 aromatic carbocycles. The Morgan fingerprint density at radius 1 is 1.62 bits per heavy atom. The van der Waals surface area contributed by atoms with Gasteiger partial charge >= 0.3 is 5.97 Å². The Labute approximate surface area is 93.0 Å². The molecule has 0 radical (unpaired) electrons. The second kappa shape index (κ2) is 3.86. The number of rotatable bonds is 2. The number of alkyl halides is 1. The second-order valence-corrected chi connectivity index (χ2v) is 12.4. The molecule has 0 spiro atoms. The molecular weight excluding hydrogens is 299 g/mol. The molecule has 0 amide bonds. The normalized spacial score (nSPS) is 31.6. The van der Waals surface area contributed by atoms with Crippen LogP contribution in [0.1, 0.15) is 6.42 Å². The van der Waals surface area contributed by atoms with Gasteiger partial charge in [0, 0.05) is 3.55 Å². The van der Waals surface area contributed by atoms with Gasteiger partial charge in [0.25, 0.3) is 0 Å². The van der Waals surface area contributed by atoms with Crippen LogP contribution in [-0.2, 0) is 9.53 Å². The molecular formula is C8H15IO3Si. The number of ether oxygens (including phenoxy) is 1. The summed E-state index contributed by atoms with van der Waals surface area (Å²) >= 11 is 2.30. The van der Waals surface area contributed by atoms with E-state index in [0.717, 1.165) is 0 Å². The predicted molar refractivity (Wildman–Crippen MR) is 61.7 cm³/mol. The molecule has 1 aliphatic heterocycles. The minimum Gasteiger partial charge on any atom is -0.459 e. The zero-order valence-corrected chi connectivity index (χ0v) is 11.2. The Bertz CT molecular complexity index is 214. The van der Waals surface area contributed by atoms with Gasteiger partial charge in [0.05, 0.1) is 14.5 Å². The molecule has 3 atom stereocenters. The molecule has 1 N–H and O–H groups in total. The summed E-state index contributed by atoms with van der Waals surface area (Å²) in [4.78, 5) is 10.9. The molecule has 76 valence electrons. The third-order valence-electron chi connectivity index (χ3n) is 2.14. The predicted octanol–water partition coefficient (Wildman–Crippen LogP) is 1.34. The fourth-order valence-electron chi connectivity index (χ4n) is 1.31. The summed E-state index contributed by atoms with van der Waals surface area (Å²) in [6.45, 7) is 6.63. The van der Waals surface area contributed by atoms with Gasteiger partial charge in [-0.05, 0) is 0 Å². The highest BCUT2D eigenvalue weighted by molar-refractivity contribution is 14.1. The number of cyclic esters (lactones) is 1. The monoisotopic (exact) mass is 314 g/mol. The summed E-state index contributed by atoms with van der Waals surface area (Å²) in [5.41, 5.74) is 0. The van der Waals surface area contributed by atoms with Gasteiger partial charge in [0.2, 0.25) is 0 Å². The van der Waals surface area contributed by atoms with Gasteiger partial charge in [0.1, 0.15) is 12.2 Å². The quantitative estimate of drug-likeness (QED) is 0.362. The van der Waals surface area contributed by atoms with Crippen molar-refractivity contribution in [1.82, 2.24) is 0 Å². The molecule has 0 aromatic heterocycles. The van der Waals surface area contributed by atoms with Crippen molar-refractivity contribution in [3.05, 3.63) is 0 Å². The van der Waals surface area contributed by atoms with E-state index in [0.29, 0.717) is 0 Å². The molecule has 13 heavy (non-hydrogen) atoms. The van der Waals surface area contributed by atoms with Crippen LogP contribution in [-0.4, -0.2) is 34.9 Å². The van der Waals surface area contributed by atoms with E-state index in [1.807, 2.05) is 0 Å². The van der Waals surface area contributed by atoms with E-state index in [2.05, 4.69) is 42.2 Å². The maximum Gasteiger partial charge on any atom is 0.308 e. The van der Waals surface area contributed by atoms with Gasteiger partial charge in [-0.2, -0.15) is 0 Å². The zero-order chi connectivity index (χ0) is 10.2. The van der Waals surface area contributed by atoms with Crippen LogP contribution < -0.4 is 0 Å². The molecule has 5 heteroatoms. The molecule has 0 bridgehead atoms. The van der Waals surface area contributed by atoms with Gasteiger partial charge in [0.15, 0.2) is 0 Å². The number of halogens is 1. The van der Waals surface area contributed by atoms with Crippen LogP contribution in [0.5, 0.6) is 0 Å². The fourth-order valence-corrected chi connectivity index (χ4v) is 3.21. The summed E-state index contributed by atoms with van der Waals surface area (Å²) in [7, 11) is -1.35. The second-order valence-electron chi connectivity index (χ2n) is 4.49. The highest BCUT2D eigenvalue weighted by Gasteiger charge is 2.43. The fraction of sp³-hybridized carbons (Fsp3) is 0.875. The van der Waals surface area contributed by atoms with Crippen LogP contribution in [0, 0.1) is 0 Å². The number of carbonyl (C=O) groups is 1. The summed E-state index contributed by atoms with van der Waals surface area (Å²) in [5, 5.41) is 9.56. The van der Waals surface area contributed by atoms with E-state index in [9.17, 15) is 9.90 Å². The summed E-state index contributed by atoms with van der Waals surface area (Å²) in [6, 6.07) is 0. The van der Waals surface area contributed by atoms with Gasteiger partial charge < -0.3 is 9.84 Å². The van der Waals surface area contributed by atoms with Crippen molar-refractivity contribution in [3.8, 4) is 0 Å². The number of aliphatic hydroxyl groups is 1. The number of hydrogen-bond donors (Lipinski definition) is 1. The molecule has 3 nitrogen and oxygen atoms in total.